The first-order valence-electron chi connectivity index (χ1n) is 7.45. The van der Waals surface area contributed by atoms with E-state index < -0.39 is 35.5 Å². The van der Waals surface area contributed by atoms with Crippen molar-refractivity contribution in [1.29, 1.82) is 0 Å². The van der Waals surface area contributed by atoms with Gasteiger partial charge in [0.15, 0.2) is 5.69 Å². The Morgan fingerprint density at radius 2 is 1.92 bits per heavy atom. The van der Waals surface area contributed by atoms with Crippen LogP contribution >= 0.6 is 11.8 Å². The van der Waals surface area contributed by atoms with E-state index in [4.69, 9.17) is 4.84 Å². The average Bonchev–Trinajstić information content (AvgIpc) is 2.99. The normalized spacial score (nSPS) is 16.2. The van der Waals surface area contributed by atoms with Crippen molar-refractivity contribution < 1.29 is 31.5 Å². The van der Waals surface area contributed by atoms with E-state index in [9.17, 15) is 22.0 Å². The fourth-order valence-electron chi connectivity index (χ4n) is 1.98. The lowest BCUT2D eigenvalue weighted by molar-refractivity contribution is -0.142. The molecule has 0 fully saturated rings. The minimum absolute atomic E-state index is 0.261. The molecule has 11 heteroatoms. The Hall–Kier alpha value is -1.52. The lowest BCUT2D eigenvalue weighted by atomic mass is 10.1. The predicted octanol–water partition coefficient (Wildman–Crippen LogP) is 4.81. The number of alkyl halides is 5. The van der Waals surface area contributed by atoms with Crippen molar-refractivity contribution in [3.63, 3.8) is 0 Å². The number of ether oxygens (including phenoxy) is 1. The van der Waals surface area contributed by atoms with E-state index in [0.717, 1.165) is 18.8 Å². The highest BCUT2D eigenvalue weighted by Gasteiger charge is 2.40. The molecule has 2 rings (SSSR count). The first-order chi connectivity index (χ1) is 11.5. The van der Waals surface area contributed by atoms with Crippen LogP contribution in [0.1, 0.15) is 45.4 Å². The van der Waals surface area contributed by atoms with Crippen LogP contribution in [0.2, 0.25) is 0 Å². The summed E-state index contributed by atoms with van der Waals surface area (Å²) in [5, 5.41) is 7.51. The summed E-state index contributed by atoms with van der Waals surface area (Å²) in [5.74, 6) is -0.873. The summed E-state index contributed by atoms with van der Waals surface area (Å²) in [7, 11) is 1.11. The fraction of sp³-hybridized carbons (Fsp3) is 0.714. The molecule has 0 bridgehead atoms. The van der Waals surface area contributed by atoms with Crippen LogP contribution in [0.3, 0.4) is 0 Å². The zero-order valence-corrected chi connectivity index (χ0v) is 15.3. The van der Waals surface area contributed by atoms with E-state index in [0.29, 0.717) is 16.1 Å². The maximum absolute atomic E-state index is 13.0. The standard InChI is InChI=1S/C12H14F5N3O2S.C2H6/c1-11(2)4-7(19-22-11)23-5-6-8(12(15,16)17)18-20(3)9(6)21-10(13)14;1-2/h10H,4-5H2,1-3H3;1-2H3. The predicted molar refractivity (Wildman–Crippen MR) is 84.7 cm³/mol. The SMILES string of the molecule is CC.Cn1nc(C(F)(F)F)c(CSC2=NOC(C)(C)C2)c1OC(F)F. The summed E-state index contributed by atoms with van der Waals surface area (Å²) >= 11 is 0.971. The van der Waals surface area contributed by atoms with Crippen molar-refractivity contribution in [2.45, 2.75) is 58.3 Å². The van der Waals surface area contributed by atoms with Gasteiger partial charge in [0, 0.05) is 19.2 Å². The molecule has 0 saturated carbocycles. The van der Waals surface area contributed by atoms with Gasteiger partial charge in [0.2, 0.25) is 5.88 Å². The van der Waals surface area contributed by atoms with Crippen LogP contribution < -0.4 is 4.74 Å². The summed E-state index contributed by atoms with van der Waals surface area (Å²) in [6.45, 7) is 4.31. The number of nitrogens with zero attached hydrogens (tertiary/aromatic N) is 3. The maximum atomic E-state index is 13.0. The van der Waals surface area contributed by atoms with Crippen LogP contribution in [0.4, 0.5) is 22.0 Å². The highest BCUT2D eigenvalue weighted by molar-refractivity contribution is 8.13. The number of thioether (sulfide) groups is 1. The number of hydrogen-bond acceptors (Lipinski definition) is 5. The molecular formula is C14H20F5N3O2S. The number of halogens is 5. The van der Waals surface area contributed by atoms with E-state index in [-0.39, 0.29) is 5.75 Å². The zero-order chi connectivity index (χ0) is 19.4. The lowest BCUT2D eigenvalue weighted by Crippen LogP contribution is -2.18. The highest BCUT2D eigenvalue weighted by Crippen LogP contribution is 2.39. The Morgan fingerprint density at radius 1 is 1.32 bits per heavy atom. The van der Waals surface area contributed by atoms with Crippen LogP contribution in [0, 0.1) is 0 Å². The molecule has 0 atom stereocenters. The maximum Gasteiger partial charge on any atom is 0.435 e. The summed E-state index contributed by atoms with van der Waals surface area (Å²) in [6.07, 6.45) is -4.35. The molecule has 2 heterocycles. The molecule has 0 aliphatic carbocycles. The van der Waals surface area contributed by atoms with Crippen LogP contribution in [0.5, 0.6) is 5.88 Å². The Balaban J connectivity index is 0.00000151. The second-order valence-electron chi connectivity index (χ2n) is 5.43. The Bertz CT molecular complexity index is 614. The molecule has 0 radical (unpaired) electrons. The third kappa shape index (κ3) is 5.75. The van der Waals surface area contributed by atoms with Crippen molar-refractivity contribution in [3.8, 4) is 5.88 Å². The molecule has 1 aliphatic heterocycles. The van der Waals surface area contributed by atoms with Gasteiger partial charge in [0.1, 0.15) is 10.6 Å². The first kappa shape index (κ1) is 21.5. The molecular weight excluding hydrogens is 369 g/mol. The molecule has 1 aromatic rings. The van der Waals surface area contributed by atoms with Gasteiger partial charge in [-0.15, -0.1) is 11.8 Å². The molecule has 1 aromatic heterocycles. The van der Waals surface area contributed by atoms with Crippen LogP contribution in [0.25, 0.3) is 0 Å². The molecule has 1 aliphatic rings. The van der Waals surface area contributed by atoms with Crippen molar-refractivity contribution in [3.05, 3.63) is 11.3 Å². The Labute approximate surface area is 146 Å². The van der Waals surface area contributed by atoms with Crippen molar-refractivity contribution in [2.24, 2.45) is 12.2 Å². The summed E-state index contributed by atoms with van der Waals surface area (Å²) in [4.78, 5) is 5.11. The van der Waals surface area contributed by atoms with Gasteiger partial charge in [-0.1, -0.05) is 19.0 Å². The second kappa shape index (κ2) is 8.24. The van der Waals surface area contributed by atoms with E-state index in [1.807, 2.05) is 13.8 Å². The smallest absolute Gasteiger partial charge is 0.417 e. The molecule has 0 spiro atoms. The molecule has 5 nitrogen and oxygen atoms in total. The van der Waals surface area contributed by atoms with Gasteiger partial charge >= 0.3 is 12.8 Å². The van der Waals surface area contributed by atoms with Crippen molar-refractivity contribution in [1.82, 2.24) is 9.78 Å². The van der Waals surface area contributed by atoms with Gasteiger partial charge in [-0.05, 0) is 13.8 Å². The molecule has 0 N–H and O–H groups in total. The number of aromatic nitrogens is 2. The molecule has 0 aromatic carbocycles. The Morgan fingerprint density at radius 3 is 2.36 bits per heavy atom. The minimum atomic E-state index is -4.77. The second-order valence-corrected chi connectivity index (χ2v) is 6.48. The quantitative estimate of drug-likeness (QED) is 0.694. The number of hydrogen-bond donors (Lipinski definition) is 0. The third-order valence-electron chi connectivity index (χ3n) is 2.91. The van der Waals surface area contributed by atoms with Crippen LogP contribution in [-0.2, 0) is 23.8 Å². The van der Waals surface area contributed by atoms with Crippen molar-refractivity contribution >= 4 is 16.8 Å². The number of aryl methyl sites for hydroxylation is 1. The molecule has 144 valence electrons. The minimum Gasteiger partial charge on any atom is -0.417 e. The van der Waals surface area contributed by atoms with Gasteiger partial charge < -0.3 is 9.57 Å². The van der Waals surface area contributed by atoms with E-state index >= 15 is 0 Å². The van der Waals surface area contributed by atoms with Crippen LogP contribution in [-0.4, -0.2) is 27.0 Å². The van der Waals surface area contributed by atoms with Gasteiger partial charge in [-0.3, -0.25) is 0 Å². The summed E-state index contributed by atoms with van der Waals surface area (Å²) in [5.41, 5.74) is -2.23. The van der Waals surface area contributed by atoms with E-state index in [2.05, 4.69) is 15.0 Å². The molecule has 0 saturated heterocycles. The average molecular weight is 389 g/mol. The first-order valence-corrected chi connectivity index (χ1v) is 8.44. The number of oxime groups is 1. The van der Waals surface area contributed by atoms with Crippen LogP contribution in [0.15, 0.2) is 5.16 Å². The third-order valence-corrected chi connectivity index (χ3v) is 3.90. The van der Waals surface area contributed by atoms with Gasteiger partial charge in [-0.25, -0.2) is 4.68 Å². The lowest BCUT2D eigenvalue weighted by Gasteiger charge is -2.13. The largest absolute Gasteiger partial charge is 0.435 e. The van der Waals surface area contributed by atoms with E-state index in [1.165, 1.54) is 0 Å². The van der Waals surface area contributed by atoms with Gasteiger partial charge in [0.25, 0.3) is 0 Å². The van der Waals surface area contributed by atoms with E-state index in [1.54, 1.807) is 13.8 Å². The fourth-order valence-corrected chi connectivity index (χ4v) is 3.09. The summed E-state index contributed by atoms with van der Waals surface area (Å²) in [6, 6.07) is 0. The molecule has 0 amide bonds. The molecule has 0 unspecified atom stereocenters. The zero-order valence-electron chi connectivity index (χ0n) is 14.4. The van der Waals surface area contributed by atoms with Crippen molar-refractivity contribution in [2.75, 3.05) is 0 Å². The topological polar surface area (TPSA) is 48.6 Å². The Kier molecular flexibility index (Phi) is 7.09. The van der Waals surface area contributed by atoms with Gasteiger partial charge in [-0.2, -0.15) is 27.1 Å². The molecule has 25 heavy (non-hydrogen) atoms. The monoisotopic (exact) mass is 389 g/mol. The number of rotatable bonds is 4. The summed E-state index contributed by atoms with van der Waals surface area (Å²) < 4.78 is 68.8. The highest BCUT2D eigenvalue weighted by atomic mass is 32.2. The van der Waals surface area contributed by atoms with Gasteiger partial charge in [0.05, 0.1) is 5.56 Å².